The van der Waals surface area contributed by atoms with Gasteiger partial charge in [-0.05, 0) is 56.2 Å². The summed E-state index contributed by atoms with van der Waals surface area (Å²) in [5.74, 6) is 1.03. The summed E-state index contributed by atoms with van der Waals surface area (Å²) < 4.78 is 7.14. The smallest absolute Gasteiger partial charge is 0.262 e. The Balaban J connectivity index is 1.37. The average Bonchev–Trinajstić information content (AvgIpc) is 2.87. The highest BCUT2D eigenvalue weighted by molar-refractivity contribution is 7.99. The van der Waals surface area contributed by atoms with Gasteiger partial charge in [0, 0.05) is 32.8 Å². The SMILES string of the molecule is CCOCCCn1c(SCC(=O)N2CCC(Cc3ccccc3)CC2)nc2ccccc2c1=O. The lowest BCUT2D eigenvalue weighted by Gasteiger charge is -2.32. The van der Waals surface area contributed by atoms with Crippen LogP contribution in [-0.4, -0.2) is 52.4 Å². The number of hydrogen-bond donors (Lipinski definition) is 0. The van der Waals surface area contributed by atoms with E-state index in [1.165, 1.54) is 17.3 Å². The van der Waals surface area contributed by atoms with Crippen LogP contribution in [0.1, 0.15) is 31.7 Å². The highest BCUT2D eigenvalue weighted by Gasteiger charge is 2.23. The van der Waals surface area contributed by atoms with Crippen molar-refractivity contribution in [3.63, 3.8) is 0 Å². The number of fused-ring (bicyclic) bond motifs is 1. The number of nitrogens with zero attached hydrogens (tertiary/aromatic N) is 3. The molecular formula is C27H33N3O3S. The van der Waals surface area contributed by atoms with Crippen LogP contribution in [0.15, 0.2) is 64.5 Å². The highest BCUT2D eigenvalue weighted by Crippen LogP contribution is 2.24. The van der Waals surface area contributed by atoms with E-state index >= 15 is 0 Å². The van der Waals surface area contributed by atoms with E-state index in [2.05, 4.69) is 24.3 Å². The van der Waals surface area contributed by atoms with Crippen molar-refractivity contribution in [2.75, 3.05) is 32.1 Å². The average molecular weight is 480 g/mol. The van der Waals surface area contributed by atoms with Gasteiger partial charge < -0.3 is 9.64 Å². The largest absolute Gasteiger partial charge is 0.382 e. The fraction of sp³-hybridized carbons (Fsp3) is 0.444. The third-order valence-corrected chi connectivity index (χ3v) is 7.32. The summed E-state index contributed by atoms with van der Waals surface area (Å²) in [6, 6.07) is 18.0. The normalized spacial score (nSPS) is 14.6. The first-order valence-electron chi connectivity index (χ1n) is 12.2. The maximum absolute atomic E-state index is 13.1. The van der Waals surface area contributed by atoms with E-state index < -0.39 is 0 Å². The van der Waals surface area contributed by atoms with Crippen molar-refractivity contribution in [1.29, 1.82) is 0 Å². The number of amides is 1. The molecule has 2 aromatic carbocycles. The highest BCUT2D eigenvalue weighted by atomic mass is 32.2. The van der Waals surface area contributed by atoms with Crippen LogP contribution in [0.2, 0.25) is 0 Å². The van der Waals surface area contributed by atoms with Gasteiger partial charge in [-0.25, -0.2) is 4.98 Å². The van der Waals surface area contributed by atoms with Gasteiger partial charge in [0.2, 0.25) is 5.91 Å². The molecule has 0 unspecified atom stereocenters. The Labute approximate surface area is 205 Å². The molecule has 1 aromatic heterocycles. The van der Waals surface area contributed by atoms with Gasteiger partial charge in [0.1, 0.15) is 0 Å². The molecule has 1 aliphatic heterocycles. The summed E-state index contributed by atoms with van der Waals surface area (Å²) in [5, 5.41) is 1.21. The molecular weight excluding hydrogens is 446 g/mol. The van der Waals surface area contributed by atoms with Gasteiger partial charge in [0.15, 0.2) is 5.16 Å². The Bertz CT molecular complexity index is 1140. The summed E-state index contributed by atoms with van der Waals surface area (Å²) in [7, 11) is 0. The number of carbonyl (C=O) groups is 1. The molecule has 2 heterocycles. The van der Waals surface area contributed by atoms with E-state index in [4.69, 9.17) is 9.72 Å². The van der Waals surface area contributed by atoms with E-state index in [0.717, 1.165) is 38.8 Å². The van der Waals surface area contributed by atoms with Gasteiger partial charge in [0.25, 0.3) is 5.56 Å². The second-order valence-electron chi connectivity index (χ2n) is 8.72. The number of thioether (sulfide) groups is 1. The Morgan fingerprint density at radius 3 is 2.59 bits per heavy atom. The number of rotatable bonds is 10. The van der Waals surface area contributed by atoms with Gasteiger partial charge in [-0.1, -0.05) is 54.2 Å². The molecule has 1 amide bonds. The predicted molar refractivity (Wildman–Crippen MR) is 137 cm³/mol. The molecule has 0 saturated carbocycles. The number of carbonyl (C=O) groups excluding carboxylic acids is 1. The number of likely N-dealkylation sites (tertiary alicyclic amines) is 1. The molecule has 7 heteroatoms. The first kappa shape index (κ1) is 24.5. The molecule has 0 aliphatic carbocycles. The van der Waals surface area contributed by atoms with Crippen molar-refractivity contribution in [2.45, 2.75) is 44.3 Å². The van der Waals surface area contributed by atoms with Crippen LogP contribution in [-0.2, 0) is 22.5 Å². The summed E-state index contributed by atoms with van der Waals surface area (Å²) in [4.78, 5) is 32.8. The molecule has 4 rings (SSSR count). The van der Waals surface area contributed by atoms with Crippen LogP contribution >= 0.6 is 11.8 Å². The lowest BCUT2D eigenvalue weighted by Crippen LogP contribution is -2.40. The second-order valence-corrected chi connectivity index (χ2v) is 9.66. The number of aromatic nitrogens is 2. The van der Waals surface area contributed by atoms with Crippen LogP contribution in [0, 0.1) is 5.92 Å². The Kier molecular flexibility index (Phi) is 8.77. The minimum Gasteiger partial charge on any atom is -0.382 e. The Hall–Kier alpha value is -2.64. The molecule has 180 valence electrons. The predicted octanol–water partition coefficient (Wildman–Crippen LogP) is 4.40. The van der Waals surface area contributed by atoms with Gasteiger partial charge in [-0.2, -0.15) is 0 Å². The van der Waals surface area contributed by atoms with Crippen LogP contribution in [0.5, 0.6) is 0 Å². The summed E-state index contributed by atoms with van der Waals surface area (Å²) in [5.41, 5.74) is 1.98. The first-order valence-corrected chi connectivity index (χ1v) is 13.2. The van der Waals surface area contributed by atoms with Crippen LogP contribution < -0.4 is 5.56 Å². The van der Waals surface area contributed by atoms with E-state index in [1.807, 2.05) is 42.2 Å². The molecule has 0 spiro atoms. The molecule has 0 atom stereocenters. The maximum Gasteiger partial charge on any atom is 0.262 e. The van der Waals surface area contributed by atoms with Crippen LogP contribution in [0.25, 0.3) is 10.9 Å². The summed E-state index contributed by atoms with van der Waals surface area (Å²) >= 11 is 1.36. The quantitative estimate of drug-likeness (QED) is 0.245. The van der Waals surface area contributed by atoms with Crippen molar-refractivity contribution >= 4 is 28.6 Å². The number of piperidine rings is 1. The third kappa shape index (κ3) is 6.27. The number of hydrogen-bond acceptors (Lipinski definition) is 5. The standard InChI is InChI=1S/C27H33N3O3S/c1-2-33-18-8-15-30-26(32)23-11-6-7-12-24(23)28-27(30)34-20-25(31)29-16-13-22(14-17-29)19-21-9-4-3-5-10-21/h3-7,9-12,22H,2,8,13-20H2,1H3. The van der Waals surface area contributed by atoms with Gasteiger partial charge in [0.05, 0.1) is 16.7 Å². The lowest BCUT2D eigenvalue weighted by molar-refractivity contribution is -0.129. The van der Waals surface area contributed by atoms with E-state index in [-0.39, 0.29) is 11.5 Å². The molecule has 0 bridgehead atoms. The van der Waals surface area contributed by atoms with Gasteiger partial charge in [-0.3, -0.25) is 14.2 Å². The van der Waals surface area contributed by atoms with E-state index in [1.54, 1.807) is 4.57 Å². The second kappa shape index (κ2) is 12.2. The van der Waals surface area contributed by atoms with Crippen molar-refractivity contribution < 1.29 is 9.53 Å². The zero-order valence-corrected chi connectivity index (χ0v) is 20.6. The summed E-state index contributed by atoms with van der Waals surface area (Å²) in [6.07, 6.45) is 3.86. The van der Waals surface area contributed by atoms with Crippen molar-refractivity contribution in [1.82, 2.24) is 14.5 Å². The van der Waals surface area contributed by atoms with Crippen LogP contribution in [0.4, 0.5) is 0 Å². The zero-order chi connectivity index (χ0) is 23.8. The molecule has 1 aliphatic rings. The first-order chi connectivity index (χ1) is 16.7. The fourth-order valence-electron chi connectivity index (χ4n) is 4.48. The van der Waals surface area contributed by atoms with Crippen molar-refractivity contribution in [3.8, 4) is 0 Å². The number of para-hydroxylation sites is 1. The molecule has 1 fully saturated rings. The molecule has 34 heavy (non-hydrogen) atoms. The summed E-state index contributed by atoms with van der Waals surface area (Å²) in [6.45, 7) is 5.32. The fourth-order valence-corrected chi connectivity index (χ4v) is 5.40. The number of ether oxygens (including phenoxy) is 1. The molecule has 3 aromatic rings. The minimum atomic E-state index is -0.0567. The third-order valence-electron chi connectivity index (χ3n) is 6.36. The Morgan fingerprint density at radius 2 is 1.82 bits per heavy atom. The van der Waals surface area contributed by atoms with Gasteiger partial charge in [-0.15, -0.1) is 0 Å². The van der Waals surface area contributed by atoms with Crippen LogP contribution in [0.3, 0.4) is 0 Å². The maximum atomic E-state index is 13.1. The molecule has 0 N–H and O–H groups in total. The topological polar surface area (TPSA) is 64.4 Å². The molecule has 1 saturated heterocycles. The van der Waals surface area contributed by atoms with Crippen molar-refractivity contribution in [2.24, 2.45) is 5.92 Å². The lowest BCUT2D eigenvalue weighted by atomic mass is 9.90. The Morgan fingerprint density at radius 1 is 1.09 bits per heavy atom. The number of benzene rings is 2. The van der Waals surface area contributed by atoms with Gasteiger partial charge >= 0.3 is 0 Å². The van der Waals surface area contributed by atoms with E-state index in [9.17, 15) is 9.59 Å². The van der Waals surface area contributed by atoms with E-state index in [0.29, 0.717) is 47.5 Å². The van der Waals surface area contributed by atoms with Crippen molar-refractivity contribution in [3.05, 3.63) is 70.5 Å². The molecule has 6 nitrogen and oxygen atoms in total. The monoisotopic (exact) mass is 479 g/mol. The molecule has 0 radical (unpaired) electrons. The zero-order valence-electron chi connectivity index (χ0n) is 19.8. The minimum absolute atomic E-state index is 0.0567.